The molecule has 0 aromatic heterocycles. The zero-order chi connectivity index (χ0) is 18.9. The summed E-state index contributed by atoms with van der Waals surface area (Å²) in [4.78, 5) is 25.8. The van der Waals surface area contributed by atoms with Gasteiger partial charge in [-0.25, -0.2) is 0 Å². The standard InChI is InChI=1S/C20H30N2O4/c1-22(2)13-14-26-18-10-6-3-7-15(18)11-12-21-19(23)16-8-4-5-9-17(16)20(24)25/h3,6-7,10,16-17H,4-5,8-9,11-14H2,1-2H3,(H,21,23)(H,24,25). The van der Waals surface area contributed by atoms with Crippen LogP contribution < -0.4 is 10.1 Å². The molecular weight excluding hydrogens is 332 g/mol. The van der Waals surface area contributed by atoms with Crippen molar-refractivity contribution in [3.05, 3.63) is 29.8 Å². The molecule has 0 bridgehead atoms. The summed E-state index contributed by atoms with van der Waals surface area (Å²) >= 11 is 0. The predicted octanol–water partition coefficient (Wildman–Crippen LogP) is 2.18. The molecule has 1 aromatic carbocycles. The number of amides is 1. The van der Waals surface area contributed by atoms with E-state index in [1.165, 1.54) is 0 Å². The van der Waals surface area contributed by atoms with Crippen molar-refractivity contribution in [3.8, 4) is 5.75 Å². The molecule has 1 aliphatic rings. The van der Waals surface area contributed by atoms with Gasteiger partial charge in [-0.15, -0.1) is 0 Å². The number of carboxylic acid groups (broad SMARTS) is 1. The Morgan fingerprint density at radius 3 is 2.58 bits per heavy atom. The first-order valence-corrected chi connectivity index (χ1v) is 9.35. The van der Waals surface area contributed by atoms with E-state index in [0.29, 0.717) is 32.4 Å². The number of benzene rings is 1. The molecule has 2 rings (SSSR count). The fourth-order valence-corrected chi connectivity index (χ4v) is 3.38. The van der Waals surface area contributed by atoms with Crippen LogP contribution in [0, 0.1) is 11.8 Å². The molecule has 6 nitrogen and oxygen atoms in total. The number of rotatable bonds is 9. The van der Waals surface area contributed by atoms with Crippen molar-refractivity contribution >= 4 is 11.9 Å². The quantitative estimate of drug-likeness (QED) is 0.704. The van der Waals surface area contributed by atoms with Crippen LogP contribution >= 0.6 is 0 Å². The van der Waals surface area contributed by atoms with Gasteiger partial charge in [-0.3, -0.25) is 9.59 Å². The zero-order valence-electron chi connectivity index (χ0n) is 15.7. The van der Waals surface area contributed by atoms with E-state index in [9.17, 15) is 14.7 Å². The van der Waals surface area contributed by atoms with Gasteiger partial charge in [0.1, 0.15) is 12.4 Å². The van der Waals surface area contributed by atoms with Gasteiger partial charge in [-0.1, -0.05) is 31.0 Å². The highest BCUT2D eigenvalue weighted by molar-refractivity contribution is 5.84. The van der Waals surface area contributed by atoms with Gasteiger partial charge in [-0.05, 0) is 45.0 Å². The van der Waals surface area contributed by atoms with Crippen molar-refractivity contribution in [3.63, 3.8) is 0 Å². The number of para-hydroxylation sites is 1. The van der Waals surface area contributed by atoms with Gasteiger partial charge >= 0.3 is 5.97 Å². The molecule has 1 amide bonds. The van der Waals surface area contributed by atoms with Crippen molar-refractivity contribution in [2.45, 2.75) is 32.1 Å². The fourth-order valence-electron chi connectivity index (χ4n) is 3.38. The molecule has 1 saturated carbocycles. The molecule has 2 N–H and O–H groups in total. The Kier molecular flexibility index (Phi) is 7.91. The first-order chi connectivity index (χ1) is 12.5. The minimum atomic E-state index is -0.857. The third kappa shape index (κ3) is 6.02. The van der Waals surface area contributed by atoms with E-state index < -0.39 is 17.8 Å². The number of nitrogens with one attached hydrogen (secondary N) is 1. The van der Waals surface area contributed by atoms with E-state index in [4.69, 9.17) is 4.74 Å². The van der Waals surface area contributed by atoms with Gasteiger partial charge in [0.05, 0.1) is 11.8 Å². The van der Waals surface area contributed by atoms with Crippen molar-refractivity contribution in [2.24, 2.45) is 11.8 Å². The van der Waals surface area contributed by atoms with Crippen LogP contribution in [0.1, 0.15) is 31.2 Å². The van der Waals surface area contributed by atoms with E-state index in [-0.39, 0.29) is 5.91 Å². The van der Waals surface area contributed by atoms with E-state index >= 15 is 0 Å². The lowest BCUT2D eigenvalue weighted by Gasteiger charge is -2.27. The zero-order valence-corrected chi connectivity index (χ0v) is 15.7. The summed E-state index contributed by atoms with van der Waals surface area (Å²) < 4.78 is 5.84. The number of hydrogen-bond donors (Lipinski definition) is 2. The molecule has 144 valence electrons. The van der Waals surface area contributed by atoms with E-state index in [1.54, 1.807) is 0 Å². The molecule has 0 heterocycles. The average molecular weight is 362 g/mol. The Morgan fingerprint density at radius 2 is 1.88 bits per heavy atom. The number of carbonyl (C=O) groups is 2. The molecule has 2 unspecified atom stereocenters. The summed E-state index contributed by atoms with van der Waals surface area (Å²) in [5, 5.41) is 12.2. The second kappa shape index (κ2) is 10.2. The third-order valence-electron chi connectivity index (χ3n) is 4.88. The summed E-state index contributed by atoms with van der Waals surface area (Å²) in [6, 6.07) is 7.83. The number of ether oxygens (including phenoxy) is 1. The lowest BCUT2D eigenvalue weighted by Crippen LogP contribution is -2.40. The number of carboxylic acids is 1. The maximum atomic E-state index is 12.4. The second-order valence-electron chi connectivity index (χ2n) is 7.14. The van der Waals surface area contributed by atoms with E-state index in [2.05, 4.69) is 10.2 Å². The molecule has 26 heavy (non-hydrogen) atoms. The van der Waals surface area contributed by atoms with Crippen molar-refractivity contribution in [1.82, 2.24) is 10.2 Å². The monoisotopic (exact) mass is 362 g/mol. The van der Waals surface area contributed by atoms with Crippen molar-refractivity contribution < 1.29 is 19.4 Å². The molecule has 1 aliphatic carbocycles. The second-order valence-corrected chi connectivity index (χ2v) is 7.14. The minimum absolute atomic E-state index is 0.136. The topological polar surface area (TPSA) is 78.9 Å². The first kappa shape index (κ1) is 20.2. The third-order valence-corrected chi connectivity index (χ3v) is 4.88. The molecule has 0 spiro atoms. The van der Waals surface area contributed by atoms with Gasteiger partial charge in [0.25, 0.3) is 0 Å². The van der Waals surface area contributed by atoms with Crippen LogP contribution in [0.4, 0.5) is 0 Å². The van der Waals surface area contributed by atoms with E-state index in [0.717, 1.165) is 30.7 Å². The van der Waals surface area contributed by atoms with Gasteiger partial charge < -0.3 is 20.1 Å². The lowest BCUT2D eigenvalue weighted by molar-refractivity contribution is -0.148. The number of likely N-dealkylation sites (N-methyl/N-ethyl adjacent to an activating group) is 1. The summed E-state index contributed by atoms with van der Waals surface area (Å²) in [6.07, 6.45) is 3.72. The molecule has 1 fully saturated rings. The smallest absolute Gasteiger partial charge is 0.307 e. The Hall–Kier alpha value is -2.08. The first-order valence-electron chi connectivity index (χ1n) is 9.35. The number of hydrogen-bond acceptors (Lipinski definition) is 4. The highest BCUT2D eigenvalue weighted by Crippen LogP contribution is 2.30. The molecule has 2 atom stereocenters. The van der Waals surface area contributed by atoms with Crippen molar-refractivity contribution in [2.75, 3.05) is 33.8 Å². The maximum Gasteiger partial charge on any atom is 0.307 e. The van der Waals surface area contributed by atoms with Gasteiger partial charge in [-0.2, -0.15) is 0 Å². The fraction of sp³-hybridized carbons (Fsp3) is 0.600. The van der Waals surface area contributed by atoms with E-state index in [1.807, 2.05) is 38.4 Å². The van der Waals surface area contributed by atoms with Gasteiger partial charge in [0, 0.05) is 13.1 Å². The summed E-state index contributed by atoms with van der Waals surface area (Å²) in [5.74, 6) is -1.12. The minimum Gasteiger partial charge on any atom is -0.492 e. The highest BCUT2D eigenvalue weighted by atomic mass is 16.5. The average Bonchev–Trinajstić information content (AvgIpc) is 2.62. The molecule has 0 saturated heterocycles. The van der Waals surface area contributed by atoms with Gasteiger partial charge in [0.15, 0.2) is 0 Å². The molecular formula is C20H30N2O4. The van der Waals surface area contributed by atoms with Crippen LogP contribution in [-0.4, -0.2) is 55.7 Å². The molecule has 1 aromatic rings. The van der Waals surface area contributed by atoms with Crippen LogP contribution in [0.25, 0.3) is 0 Å². The molecule has 6 heteroatoms. The maximum absolute atomic E-state index is 12.4. The molecule has 0 aliphatic heterocycles. The SMILES string of the molecule is CN(C)CCOc1ccccc1CCNC(=O)C1CCCCC1C(=O)O. The van der Waals surface area contributed by atoms with Crippen LogP contribution in [0.3, 0.4) is 0 Å². The number of carbonyl (C=O) groups excluding carboxylic acids is 1. The summed E-state index contributed by atoms with van der Waals surface area (Å²) in [5.41, 5.74) is 1.05. The highest BCUT2D eigenvalue weighted by Gasteiger charge is 2.35. The largest absolute Gasteiger partial charge is 0.492 e. The van der Waals surface area contributed by atoms with Crippen LogP contribution in [0.2, 0.25) is 0 Å². The molecule has 0 radical (unpaired) electrons. The Morgan fingerprint density at radius 1 is 1.19 bits per heavy atom. The van der Waals surface area contributed by atoms with Crippen LogP contribution in [0.5, 0.6) is 5.75 Å². The van der Waals surface area contributed by atoms with Gasteiger partial charge in [0.2, 0.25) is 5.91 Å². The van der Waals surface area contributed by atoms with Crippen molar-refractivity contribution in [1.29, 1.82) is 0 Å². The predicted molar refractivity (Wildman–Crippen MR) is 100 cm³/mol. The van der Waals surface area contributed by atoms with Crippen LogP contribution in [0.15, 0.2) is 24.3 Å². The normalized spacial score (nSPS) is 20.0. The Bertz CT molecular complexity index is 603. The summed E-state index contributed by atoms with van der Waals surface area (Å²) in [7, 11) is 4.00. The summed E-state index contributed by atoms with van der Waals surface area (Å²) in [6.45, 7) is 1.93. The lowest BCUT2D eigenvalue weighted by atomic mass is 9.78. The van der Waals surface area contributed by atoms with Crippen LogP contribution in [-0.2, 0) is 16.0 Å². The Labute approximate surface area is 155 Å². The number of nitrogens with zero attached hydrogens (tertiary/aromatic N) is 1. The number of aliphatic carboxylic acids is 1. The Balaban J connectivity index is 1.85.